The molecule has 0 fully saturated rings. The van der Waals surface area contributed by atoms with E-state index in [1.165, 1.54) is 13.1 Å². The van der Waals surface area contributed by atoms with Gasteiger partial charge in [-0.3, -0.25) is 4.98 Å². The van der Waals surface area contributed by atoms with Crippen LogP contribution < -0.4 is 15.0 Å². The maximum Gasteiger partial charge on any atom is 0.240 e. The lowest BCUT2D eigenvalue weighted by Crippen LogP contribution is -2.18. The highest BCUT2D eigenvalue weighted by molar-refractivity contribution is 7.89. The van der Waals surface area contributed by atoms with Gasteiger partial charge < -0.3 is 5.32 Å². The van der Waals surface area contributed by atoms with Gasteiger partial charge in [-0.25, -0.2) is 18.1 Å². The van der Waals surface area contributed by atoms with Crippen molar-refractivity contribution < 1.29 is 13.4 Å². The predicted molar refractivity (Wildman–Crippen MR) is 78.6 cm³/mol. The largest absolute Gasteiger partial charge is 0.326 e. The van der Waals surface area contributed by atoms with Gasteiger partial charge in [0.1, 0.15) is 5.39 Å². The minimum Gasteiger partial charge on any atom is -0.326 e. The summed E-state index contributed by atoms with van der Waals surface area (Å²) >= 11 is 0. The number of benzene rings is 1. The van der Waals surface area contributed by atoms with Crippen LogP contribution in [0.3, 0.4) is 0 Å². The fourth-order valence-corrected chi connectivity index (χ4v) is 2.79. The zero-order valence-electron chi connectivity index (χ0n) is 11.2. The molecule has 0 saturated carbocycles. The number of aromatic nitrogens is 3. The summed E-state index contributed by atoms with van der Waals surface area (Å²) in [5.41, 5.74) is 1.49. The molecule has 4 N–H and O–H groups in total. The smallest absolute Gasteiger partial charge is 0.240 e. The van der Waals surface area contributed by atoms with Gasteiger partial charge >= 0.3 is 0 Å². The zero-order valence-corrected chi connectivity index (χ0v) is 12.0. The average molecular weight is 304 g/mol. The molecule has 0 aliphatic heterocycles. The number of nitrogens with one attached hydrogen (secondary N) is 4. The number of aromatic amines is 2. The number of fused-ring (bicyclic) bond motifs is 1. The van der Waals surface area contributed by atoms with Crippen molar-refractivity contribution in [2.75, 3.05) is 12.4 Å². The number of hydrogen-bond donors (Lipinski definition) is 3. The van der Waals surface area contributed by atoms with Crippen molar-refractivity contribution >= 4 is 32.6 Å². The topological polar surface area (TPSA) is 101 Å². The number of sulfonamides is 1. The SMILES string of the molecule is CNS(=O)(=O)c1cccc(Nc2nc[nH+]c3[nH]ccc23)c1. The van der Waals surface area contributed by atoms with Crippen LogP contribution in [0.15, 0.2) is 47.8 Å². The van der Waals surface area contributed by atoms with Gasteiger partial charge in [-0.05, 0) is 31.3 Å². The second-order valence-electron chi connectivity index (χ2n) is 4.38. The molecule has 0 unspecified atom stereocenters. The van der Waals surface area contributed by atoms with E-state index in [0.717, 1.165) is 11.0 Å². The third kappa shape index (κ3) is 2.58. The molecule has 8 heteroatoms. The molecule has 0 bridgehead atoms. The van der Waals surface area contributed by atoms with Gasteiger partial charge in [0.05, 0.1) is 11.1 Å². The Labute approximate surface area is 121 Å². The summed E-state index contributed by atoms with van der Waals surface area (Å²) in [5.74, 6) is 0.643. The molecule has 0 radical (unpaired) electrons. The Morgan fingerprint density at radius 1 is 1.29 bits per heavy atom. The minimum atomic E-state index is -3.47. The van der Waals surface area contributed by atoms with Crippen molar-refractivity contribution in [3.05, 3.63) is 42.9 Å². The molecule has 1 aromatic carbocycles. The van der Waals surface area contributed by atoms with Crippen molar-refractivity contribution in [2.24, 2.45) is 0 Å². The van der Waals surface area contributed by atoms with E-state index in [2.05, 4.69) is 25.0 Å². The summed E-state index contributed by atoms with van der Waals surface area (Å²) in [5, 5.41) is 4.01. The Bertz CT molecular complexity index is 888. The molecule has 0 spiro atoms. The standard InChI is InChI=1S/C13H13N5O2S/c1-14-21(19,20)10-4-2-3-9(7-10)18-13-11-5-6-15-12(11)16-8-17-13/h2-8,14H,1H3,(H2,15,16,17,18)/p+1. The van der Waals surface area contributed by atoms with Gasteiger partial charge in [-0.2, -0.15) is 0 Å². The second kappa shape index (κ2) is 5.15. The highest BCUT2D eigenvalue weighted by atomic mass is 32.2. The number of H-pyrrole nitrogens is 2. The van der Waals surface area contributed by atoms with Crippen LogP contribution in [0.1, 0.15) is 0 Å². The van der Waals surface area contributed by atoms with Gasteiger partial charge in [0.2, 0.25) is 27.8 Å². The Morgan fingerprint density at radius 3 is 2.95 bits per heavy atom. The molecule has 2 aromatic heterocycles. The Hall–Kier alpha value is -2.45. The Morgan fingerprint density at radius 2 is 2.14 bits per heavy atom. The van der Waals surface area contributed by atoms with E-state index < -0.39 is 10.0 Å². The molecule has 3 rings (SSSR count). The highest BCUT2D eigenvalue weighted by Crippen LogP contribution is 2.22. The summed E-state index contributed by atoms with van der Waals surface area (Å²) in [6, 6.07) is 8.44. The van der Waals surface area contributed by atoms with Gasteiger partial charge in [0.15, 0.2) is 0 Å². The maximum atomic E-state index is 11.8. The number of anilines is 2. The molecular formula is C13H14N5O2S+. The molecule has 0 atom stereocenters. The third-order valence-electron chi connectivity index (χ3n) is 3.08. The van der Waals surface area contributed by atoms with E-state index in [1.54, 1.807) is 30.7 Å². The minimum absolute atomic E-state index is 0.197. The summed E-state index contributed by atoms with van der Waals surface area (Å²) in [7, 11) is -2.09. The van der Waals surface area contributed by atoms with Crippen LogP contribution in [-0.2, 0) is 10.0 Å². The van der Waals surface area contributed by atoms with Crippen LogP contribution in [0.25, 0.3) is 11.0 Å². The first-order chi connectivity index (χ1) is 10.1. The van der Waals surface area contributed by atoms with Gasteiger partial charge in [0.25, 0.3) is 0 Å². The zero-order chi connectivity index (χ0) is 14.9. The first kappa shape index (κ1) is 13.5. The third-order valence-corrected chi connectivity index (χ3v) is 4.49. The van der Waals surface area contributed by atoms with Crippen LogP contribution in [0.2, 0.25) is 0 Å². The molecule has 3 aromatic rings. The highest BCUT2D eigenvalue weighted by Gasteiger charge is 2.13. The molecular weight excluding hydrogens is 290 g/mol. The molecule has 0 saturated heterocycles. The average Bonchev–Trinajstić information content (AvgIpc) is 2.97. The van der Waals surface area contributed by atoms with E-state index in [9.17, 15) is 8.42 Å². The van der Waals surface area contributed by atoms with Crippen LogP contribution in [0.4, 0.5) is 11.5 Å². The first-order valence-corrected chi connectivity index (χ1v) is 7.73. The quantitative estimate of drug-likeness (QED) is 0.670. The van der Waals surface area contributed by atoms with Crippen LogP contribution in [0.5, 0.6) is 0 Å². The maximum absolute atomic E-state index is 11.8. The van der Waals surface area contributed by atoms with Gasteiger partial charge in [-0.1, -0.05) is 11.1 Å². The summed E-state index contributed by atoms with van der Waals surface area (Å²) in [6.45, 7) is 0. The van der Waals surface area contributed by atoms with Gasteiger partial charge in [0, 0.05) is 5.69 Å². The van der Waals surface area contributed by atoms with Crippen molar-refractivity contribution in [1.82, 2.24) is 14.7 Å². The Balaban J connectivity index is 1.99. The molecule has 0 aliphatic rings. The number of rotatable bonds is 4. The van der Waals surface area contributed by atoms with Crippen LogP contribution >= 0.6 is 0 Å². The molecule has 108 valence electrons. The van der Waals surface area contributed by atoms with Crippen LogP contribution in [-0.4, -0.2) is 25.4 Å². The lowest BCUT2D eigenvalue weighted by Gasteiger charge is -2.06. The van der Waals surface area contributed by atoms with E-state index in [1.807, 2.05) is 6.07 Å². The van der Waals surface area contributed by atoms with Crippen molar-refractivity contribution in [3.8, 4) is 0 Å². The lowest BCUT2D eigenvalue weighted by molar-refractivity contribution is -0.352. The van der Waals surface area contributed by atoms with Crippen molar-refractivity contribution in [2.45, 2.75) is 4.90 Å². The summed E-state index contributed by atoms with van der Waals surface area (Å²) in [4.78, 5) is 10.5. The molecule has 7 nitrogen and oxygen atoms in total. The molecule has 0 amide bonds. The molecule has 21 heavy (non-hydrogen) atoms. The Kier molecular flexibility index (Phi) is 3.32. The summed E-state index contributed by atoms with van der Waals surface area (Å²) < 4.78 is 25.9. The monoisotopic (exact) mass is 304 g/mol. The van der Waals surface area contributed by atoms with Crippen molar-refractivity contribution in [1.29, 1.82) is 0 Å². The van der Waals surface area contributed by atoms with Crippen LogP contribution in [0, 0.1) is 0 Å². The molecule has 2 heterocycles. The van der Waals surface area contributed by atoms with E-state index in [0.29, 0.717) is 11.5 Å². The van der Waals surface area contributed by atoms with E-state index >= 15 is 0 Å². The molecule has 0 aliphatic carbocycles. The lowest BCUT2D eigenvalue weighted by atomic mass is 10.3. The fourth-order valence-electron chi connectivity index (χ4n) is 2.01. The predicted octanol–water partition coefficient (Wildman–Crippen LogP) is 1.03. The number of hydrogen-bond acceptors (Lipinski definition) is 4. The van der Waals surface area contributed by atoms with E-state index in [4.69, 9.17) is 0 Å². The van der Waals surface area contributed by atoms with Crippen molar-refractivity contribution in [3.63, 3.8) is 0 Å². The van der Waals surface area contributed by atoms with E-state index in [-0.39, 0.29) is 4.90 Å². The normalized spacial score (nSPS) is 11.7. The second-order valence-corrected chi connectivity index (χ2v) is 6.26. The number of nitrogens with zero attached hydrogens (tertiary/aromatic N) is 1. The first-order valence-electron chi connectivity index (χ1n) is 6.24. The summed E-state index contributed by atoms with van der Waals surface area (Å²) in [6.07, 6.45) is 3.37. The van der Waals surface area contributed by atoms with Gasteiger partial charge in [-0.15, -0.1) is 0 Å². The fraction of sp³-hybridized carbons (Fsp3) is 0.0769.